The van der Waals surface area contributed by atoms with Crippen molar-refractivity contribution < 1.29 is 9.59 Å². The van der Waals surface area contributed by atoms with Crippen LogP contribution in [0.25, 0.3) is 0 Å². The van der Waals surface area contributed by atoms with Crippen LogP contribution in [0.2, 0.25) is 0 Å². The van der Waals surface area contributed by atoms with Crippen molar-refractivity contribution in [2.45, 2.75) is 16.6 Å². The summed E-state index contributed by atoms with van der Waals surface area (Å²) in [5.74, 6) is -0.493. The van der Waals surface area contributed by atoms with Crippen molar-refractivity contribution in [2.75, 3.05) is 11.6 Å². The zero-order valence-corrected chi connectivity index (χ0v) is 11.9. The summed E-state index contributed by atoms with van der Waals surface area (Å²) in [6.45, 7) is 0. The van der Waals surface area contributed by atoms with Crippen LogP contribution in [0.3, 0.4) is 0 Å². The van der Waals surface area contributed by atoms with Crippen molar-refractivity contribution >= 4 is 46.2 Å². The van der Waals surface area contributed by atoms with Gasteiger partial charge < -0.3 is 10.6 Å². The van der Waals surface area contributed by atoms with Gasteiger partial charge in [-0.2, -0.15) is 0 Å². The first-order chi connectivity index (χ1) is 9.10. The van der Waals surface area contributed by atoms with Crippen LogP contribution >= 0.6 is 23.5 Å². The third-order valence-electron chi connectivity index (χ3n) is 2.54. The summed E-state index contributed by atoms with van der Waals surface area (Å²) in [6.07, 6.45) is 2.01. The zero-order chi connectivity index (χ0) is 13.8. The van der Waals surface area contributed by atoms with Gasteiger partial charge in [0.1, 0.15) is 5.25 Å². The van der Waals surface area contributed by atoms with Crippen LogP contribution in [0, 0.1) is 5.41 Å². The van der Waals surface area contributed by atoms with Gasteiger partial charge in [-0.05, 0) is 18.4 Å². The minimum Gasteiger partial charge on any atom is -0.325 e. The number of nitrogens with one attached hydrogen (secondary N) is 3. The molecule has 1 aromatic rings. The first-order valence-electron chi connectivity index (χ1n) is 5.59. The molecule has 0 aromatic heterocycles. The molecule has 2 amide bonds. The maximum absolute atomic E-state index is 11.9. The Labute approximate surface area is 119 Å². The number of amidine groups is 1. The topological polar surface area (TPSA) is 82.1 Å². The number of carbonyl (C=O) groups is 2. The third kappa shape index (κ3) is 3.51. The second-order valence-electron chi connectivity index (χ2n) is 3.88. The summed E-state index contributed by atoms with van der Waals surface area (Å²) >= 11 is 2.63. The predicted octanol–water partition coefficient (Wildman–Crippen LogP) is 1.90. The van der Waals surface area contributed by atoms with Gasteiger partial charge in [0, 0.05) is 11.3 Å². The molecule has 1 heterocycles. The number of amides is 2. The second-order valence-corrected chi connectivity index (χ2v) is 5.94. The summed E-state index contributed by atoms with van der Waals surface area (Å²) < 4.78 is 0. The molecule has 0 spiro atoms. The van der Waals surface area contributed by atoms with Crippen molar-refractivity contribution in [2.24, 2.45) is 0 Å². The van der Waals surface area contributed by atoms with E-state index in [0.29, 0.717) is 0 Å². The van der Waals surface area contributed by atoms with E-state index in [4.69, 9.17) is 5.41 Å². The first-order valence-corrected chi connectivity index (χ1v) is 7.69. The summed E-state index contributed by atoms with van der Waals surface area (Å²) in [4.78, 5) is 24.3. The van der Waals surface area contributed by atoms with Gasteiger partial charge in [-0.25, -0.2) is 0 Å². The van der Waals surface area contributed by atoms with Crippen LogP contribution in [0.5, 0.6) is 0 Å². The lowest BCUT2D eigenvalue weighted by atomic mass is 10.2. The number of rotatable bonds is 4. The highest BCUT2D eigenvalue weighted by Gasteiger charge is 2.31. The molecule has 1 unspecified atom stereocenters. The Hall–Kier alpha value is -1.47. The summed E-state index contributed by atoms with van der Waals surface area (Å²) in [5.41, 5.74) is 0.749. The maximum Gasteiger partial charge on any atom is 0.240 e. The highest BCUT2D eigenvalue weighted by atomic mass is 32.2. The molecular formula is C12H13N3O2S2. The first kappa shape index (κ1) is 14.0. The Kier molecular flexibility index (Phi) is 4.49. The smallest absolute Gasteiger partial charge is 0.240 e. The molecule has 0 radical (unpaired) electrons. The van der Waals surface area contributed by atoms with Crippen LogP contribution in [0.1, 0.15) is 6.42 Å². The average Bonchev–Trinajstić information content (AvgIpc) is 2.68. The molecule has 1 saturated heterocycles. The summed E-state index contributed by atoms with van der Waals surface area (Å²) in [7, 11) is 0. The fourth-order valence-electron chi connectivity index (χ4n) is 1.67. The molecule has 2 rings (SSSR count). The molecule has 5 nitrogen and oxygen atoms in total. The van der Waals surface area contributed by atoms with Crippen molar-refractivity contribution in [3.05, 3.63) is 24.3 Å². The van der Waals surface area contributed by atoms with Crippen LogP contribution < -0.4 is 10.6 Å². The monoisotopic (exact) mass is 295 g/mol. The quantitative estimate of drug-likeness (QED) is 0.741. The molecule has 0 aliphatic carbocycles. The molecule has 19 heavy (non-hydrogen) atoms. The molecule has 7 heteroatoms. The summed E-state index contributed by atoms with van der Waals surface area (Å²) in [5, 5.41) is 12.1. The largest absolute Gasteiger partial charge is 0.325 e. The predicted molar refractivity (Wildman–Crippen MR) is 78.7 cm³/mol. The van der Waals surface area contributed by atoms with E-state index in [2.05, 4.69) is 10.6 Å². The number of anilines is 1. The normalized spacial score (nSPS) is 18.3. The molecule has 0 bridgehead atoms. The maximum atomic E-state index is 11.9. The van der Waals surface area contributed by atoms with Crippen molar-refractivity contribution in [1.29, 1.82) is 5.41 Å². The van der Waals surface area contributed by atoms with Crippen molar-refractivity contribution in [1.82, 2.24) is 5.32 Å². The van der Waals surface area contributed by atoms with Crippen LogP contribution in [0.15, 0.2) is 29.2 Å². The molecule has 3 N–H and O–H groups in total. The van der Waals surface area contributed by atoms with Crippen LogP contribution in [0.4, 0.5) is 5.69 Å². The Bertz CT molecular complexity index is 533. The third-order valence-corrected chi connectivity index (χ3v) is 4.34. The van der Waals surface area contributed by atoms with Crippen LogP contribution in [-0.2, 0) is 9.59 Å². The fourth-order valence-corrected chi connectivity index (χ4v) is 3.07. The van der Waals surface area contributed by atoms with Gasteiger partial charge in [0.25, 0.3) is 0 Å². The van der Waals surface area contributed by atoms with Crippen LogP contribution in [-0.4, -0.2) is 28.5 Å². The molecule has 1 atom stereocenters. The van der Waals surface area contributed by atoms with Gasteiger partial charge in [0.15, 0.2) is 5.17 Å². The SMILES string of the molecule is CSc1ccccc1NC(=O)CC1SC(=N)NC1=O. The van der Waals surface area contributed by atoms with Gasteiger partial charge in [-0.15, -0.1) is 11.8 Å². The van der Waals surface area contributed by atoms with Gasteiger partial charge in [0.2, 0.25) is 11.8 Å². The number of carbonyl (C=O) groups excluding carboxylic acids is 2. The molecular weight excluding hydrogens is 282 g/mol. The molecule has 1 aliphatic rings. The lowest BCUT2D eigenvalue weighted by Gasteiger charge is -2.10. The number of thioether (sulfide) groups is 2. The Morgan fingerprint density at radius 3 is 2.89 bits per heavy atom. The van der Waals surface area contributed by atoms with E-state index in [9.17, 15) is 9.59 Å². The summed E-state index contributed by atoms with van der Waals surface area (Å²) in [6, 6.07) is 7.51. The minimum atomic E-state index is -0.506. The van der Waals surface area contributed by atoms with Crippen molar-refractivity contribution in [3.8, 4) is 0 Å². The number of para-hydroxylation sites is 1. The molecule has 100 valence electrons. The van der Waals surface area contributed by atoms with Gasteiger partial charge >= 0.3 is 0 Å². The lowest BCUT2D eigenvalue weighted by molar-refractivity contribution is -0.122. The Morgan fingerprint density at radius 1 is 1.53 bits per heavy atom. The van der Waals surface area contributed by atoms with E-state index in [0.717, 1.165) is 22.3 Å². The molecule has 1 aromatic carbocycles. The fraction of sp³-hybridized carbons (Fsp3) is 0.250. The molecule has 1 aliphatic heterocycles. The zero-order valence-electron chi connectivity index (χ0n) is 10.2. The molecule has 0 saturated carbocycles. The van der Waals surface area contributed by atoms with E-state index in [1.807, 2.05) is 30.5 Å². The molecule has 1 fully saturated rings. The lowest BCUT2D eigenvalue weighted by Crippen LogP contribution is -2.27. The highest BCUT2D eigenvalue weighted by molar-refractivity contribution is 8.15. The number of benzene rings is 1. The minimum absolute atomic E-state index is 0.0710. The van der Waals surface area contributed by atoms with E-state index < -0.39 is 5.25 Å². The Morgan fingerprint density at radius 2 is 2.26 bits per heavy atom. The van der Waals surface area contributed by atoms with E-state index in [1.54, 1.807) is 11.8 Å². The van der Waals surface area contributed by atoms with E-state index >= 15 is 0 Å². The second kappa shape index (κ2) is 6.12. The van der Waals surface area contributed by atoms with E-state index in [-0.39, 0.29) is 23.4 Å². The van der Waals surface area contributed by atoms with Crippen molar-refractivity contribution in [3.63, 3.8) is 0 Å². The van der Waals surface area contributed by atoms with Gasteiger partial charge in [-0.3, -0.25) is 15.0 Å². The number of hydrogen-bond donors (Lipinski definition) is 3. The van der Waals surface area contributed by atoms with E-state index in [1.165, 1.54) is 0 Å². The van der Waals surface area contributed by atoms with Gasteiger partial charge in [-0.1, -0.05) is 23.9 Å². The Balaban J connectivity index is 1.98. The highest BCUT2D eigenvalue weighted by Crippen LogP contribution is 2.26. The number of hydrogen-bond acceptors (Lipinski definition) is 5. The standard InChI is InChI=1S/C12H13N3O2S2/c1-18-8-5-3-2-4-7(8)14-10(16)6-9-11(17)15-12(13)19-9/h2-5,9H,6H2,1H3,(H,14,16)(H2,13,15,17). The van der Waals surface area contributed by atoms with Gasteiger partial charge in [0.05, 0.1) is 5.69 Å². The average molecular weight is 295 g/mol.